The number of allylic oxidation sites excluding steroid dienone is 14. The topological polar surface area (TPSA) is 125 Å². The fraction of sp³-hybridized carbons (Fsp3) is 0.754. The minimum Gasteiger partial charge on any atom is -0.390 e. The molecule has 4 N–H and O–H groups in total. The number of nitrogens with one attached hydrogen (secondary N) is 1. The normalized spacial score (nSPS) is 15.0. The Kier molecular flexibility index (Phi) is 49.4. The number of carbonyl (C=O) groups is 1. The molecule has 0 aliphatic heterocycles. The van der Waals surface area contributed by atoms with Crippen LogP contribution < -0.4 is 5.32 Å². The lowest BCUT2D eigenvalue weighted by atomic mass is 10.0. The van der Waals surface area contributed by atoms with E-state index in [1.54, 1.807) is 0 Å². The van der Waals surface area contributed by atoms with Crippen LogP contribution in [0.1, 0.15) is 239 Å². The average molecular weight is 1020 g/mol. The maximum absolute atomic E-state index is 13.0. The molecule has 0 aromatic carbocycles. The molecule has 0 rings (SSSR count). The van der Waals surface area contributed by atoms with Gasteiger partial charge in [-0.25, -0.2) is 4.57 Å². The van der Waals surface area contributed by atoms with Crippen LogP contribution in [0.4, 0.5) is 0 Å². The van der Waals surface area contributed by atoms with Gasteiger partial charge in [0.05, 0.1) is 39.9 Å². The van der Waals surface area contributed by atoms with E-state index < -0.39 is 32.7 Å². The lowest BCUT2D eigenvalue weighted by molar-refractivity contribution is -0.870. The third-order valence-corrected chi connectivity index (χ3v) is 13.7. The Morgan fingerprint density at radius 2 is 0.873 bits per heavy atom. The monoisotopic (exact) mass is 1020 g/mol. The Labute approximate surface area is 438 Å². The van der Waals surface area contributed by atoms with Crippen LogP contribution in [-0.2, 0) is 18.4 Å². The highest BCUT2D eigenvalue weighted by Gasteiger charge is 2.31. The number of likely N-dealkylation sites (N-methyl/N-ethyl adjacent to an activating group) is 1. The van der Waals surface area contributed by atoms with Gasteiger partial charge in [0.25, 0.3) is 0 Å². The van der Waals surface area contributed by atoms with E-state index in [4.69, 9.17) is 9.05 Å². The smallest absolute Gasteiger partial charge is 0.390 e. The molecule has 0 radical (unpaired) electrons. The van der Waals surface area contributed by atoms with E-state index in [-0.39, 0.29) is 18.9 Å². The van der Waals surface area contributed by atoms with E-state index in [0.29, 0.717) is 23.9 Å². The number of amides is 1. The minimum absolute atomic E-state index is 0.0143. The molecule has 0 saturated heterocycles. The molecule has 4 atom stereocenters. The van der Waals surface area contributed by atoms with Gasteiger partial charge in [0.15, 0.2) is 0 Å². The fourth-order valence-electron chi connectivity index (χ4n) is 8.15. The van der Waals surface area contributed by atoms with Gasteiger partial charge in [-0.05, 0) is 89.9 Å². The van der Waals surface area contributed by atoms with Crippen LogP contribution in [0.15, 0.2) is 85.1 Å². The molecule has 412 valence electrons. The summed E-state index contributed by atoms with van der Waals surface area (Å²) in [5, 5.41) is 24.8. The Hall–Kier alpha value is -2.36. The van der Waals surface area contributed by atoms with E-state index in [1.165, 1.54) is 128 Å². The molecule has 0 fully saturated rings. The van der Waals surface area contributed by atoms with Crippen molar-refractivity contribution in [3.05, 3.63) is 85.1 Å². The minimum atomic E-state index is -4.43. The molecule has 1 amide bonds. The number of phosphoric acid groups is 1. The molecule has 0 aliphatic carbocycles. The summed E-state index contributed by atoms with van der Waals surface area (Å²) in [5.41, 5.74) is 0. The second-order valence-corrected chi connectivity index (χ2v) is 22.2. The van der Waals surface area contributed by atoms with Crippen LogP contribution in [-0.4, -0.2) is 84.6 Å². The molecule has 0 spiro atoms. The van der Waals surface area contributed by atoms with Crippen LogP contribution in [0.5, 0.6) is 0 Å². The number of aliphatic hydroxyl groups is 2. The molecule has 0 aliphatic rings. The van der Waals surface area contributed by atoms with Crippen molar-refractivity contribution < 1.29 is 38.0 Å². The van der Waals surface area contributed by atoms with Gasteiger partial charge in [0.1, 0.15) is 19.3 Å². The highest BCUT2D eigenvalue weighted by atomic mass is 31.2. The highest BCUT2D eigenvalue weighted by Crippen LogP contribution is 2.43. The van der Waals surface area contributed by atoms with Gasteiger partial charge in [0.2, 0.25) is 5.91 Å². The summed E-state index contributed by atoms with van der Waals surface area (Å²) in [5.74, 6) is -0.270. The first-order chi connectivity index (χ1) is 34.4. The van der Waals surface area contributed by atoms with Crippen LogP contribution in [0, 0.1) is 0 Å². The third-order valence-electron chi connectivity index (χ3n) is 12.7. The number of carbonyl (C=O) groups excluding carboxylic acids is 1. The zero-order valence-corrected chi connectivity index (χ0v) is 47.4. The summed E-state index contributed by atoms with van der Waals surface area (Å²) in [6, 6.07) is -1.05. The maximum Gasteiger partial charge on any atom is 0.472 e. The van der Waals surface area contributed by atoms with Crippen LogP contribution >= 0.6 is 7.82 Å². The predicted molar refractivity (Wildman–Crippen MR) is 305 cm³/mol. The average Bonchev–Trinajstić information content (AvgIpc) is 3.33. The number of hydrogen-bond acceptors (Lipinski definition) is 6. The van der Waals surface area contributed by atoms with Gasteiger partial charge in [-0.2, -0.15) is 0 Å². The van der Waals surface area contributed by atoms with Crippen LogP contribution in [0.25, 0.3) is 0 Å². The second kappa shape index (κ2) is 51.1. The largest absolute Gasteiger partial charge is 0.472 e. The fourth-order valence-corrected chi connectivity index (χ4v) is 8.88. The molecule has 0 aromatic rings. The molecule has 71 heavy (non-hydrogen) atoms. The molecule has 4 unspecified atom stereocenters. The number of aliphatic hydroxyl groups excluding tert-OH is 2. The predicted octanol–water partition coefficient (Wildman–Crippen LogP) is 16.6. The summed E-state index contributed by atoms with van der Waals surface area (Å²) in [6.45, 7) is 4.46. The lowest BCUT2D eigenvalue weighted by Crippen LogP contribution is -2.51. The molecular weight excluding hydrogens is 904 g/mol. The van der Waals surface area contributed by atoms with Crippen molar-refractivity contribution in [3.63, 3.8) is 0 Å². The van der Waals surface area contributed by atoms with Crippen molar-refractivity contribution >= 4 is 13.7 Å². The molecule has 9 nitrogen and oxygen atoms in total. The summed E-state index contributed by atoms with van der Waals surface area (Å²) in [4.78, 5) is 23.3. The second-order valence-electron chi connectivity index (χ2n) is 20.8. The first-order valence-electron chi connectivity index (χ1n) is 29.0. The number of hydrogen-bond donors (Lipinski definition) is 4. The standard InChI is InChI=1S/C61H111N2O7P/c1-6-8-10-12-14-16-18-20-21-22-23-24-25-26-27-28-29-30-31-32-33-34-35-36-37-38-39-40-41-42-44-46-48-50-52-54-60(65)62-58(57-70-71(67,68)69-56-55-63(3,4)5)61(66)59(64)53-51-49-47-45-43-19-17-15-13-11-9-7-2/h8,10,14,16,20-21,23-24,26-27,29-30,45,47,58-59,61,64,66H,6-7,9,11-13,15,17-19,22,25,28,31-44,46,48-57H2,1-5H3,(H-,62,65,67,68)/p+1/b10-8-,16-14-,21-20-,24-23-,27-26-,30-29-,47-45+. The van der Waals surface area contributed by atoms with Gasteiger partial charge in [-0.3, -0.25) is 13.8 Å². The zero-order chi connectivity index (χ0) is 52.2. The zero-order valence-electron chi connectivity index (χ0n) is 46.6. The molecule has 10 heteroatoms. The summed E-state index contributed by atoms with van der Waals surface area (Å²) >= 11 is 0. The number of phosphoric ester groups is 1. The first-order valence-corrected chi connectivity index (χ1v) is 30.5. The van der Waals surface area contributed by atoms with Crippen molar-refractivity contribution in [1.82, 2.24) is 5.32 Å². The van der Waals surface area contributed by atoms with E-state index in [2.05, 4.69) is 104 Å². The van der Waals surface area contributed by atoms with E-state index in [1.807, 2.05) is 21.1 Å². The number of rotatable bonds is 52. The molecule has 0 saturated carbocycles. The SMILES string of the molecule is CC/C=C\C/C=C\C/C=C\C/C=C\C/C=C\C/C=C\CCCCCCCCCCCCCCCCCCC(=O)NC(COP(=O)(O)OCC[N+](C)(C)C)C(O)C(O)CCC/C=C/CCCCCCCCC. The van der Waals surface area contributed by atoms with Gasteiger partial charge >= 0.3 is 7.82 Å². The van der Waals surface area contributed by atoms with Crippen molar-refractivity contribution in [1.29, 1.82) is 0 Å². The third kappa shape index (κ3) is 52.3. The number of quaternary nitrogens is 1. The van der Waals surface area contributed by atoms with Gasteiger partial charge in [-0.1, -0.05) is 227 Å². The van der Waals surface area contributed by atoms with Gasteiger partial charge in [-0.15, -0.1) is 0 Å². The molecule has 0 heterocycles. The molecule has 0 bridgehead atoms. The first kappa shape index (κ1) is 68.6. The van der Waals surface area contributed by atoms with Crippen molar-refractivity contribution in [2.75, 3.05) is 40.9 Å². The molecular formula is C61H112N2O7P+. The van der Waals surface area contributed by atoms with E-state index >= 15 is 0 Å². The lowest BCUT2D eigenvalue weighted by Gasteiger charge is -2.28. The summed E-state index contributed by atoms with van der Waals surface area (Å²) in [6.07, 6.45) is 68.3. The van der Waals surface area contributed by atoms with Crippen molar-refractivity contribution in [2.45, 2.75) is 257 Å². The van der Waals surface area contributed by atoms with Crippen molar-refractivity contribution in [2.24, 2.45) is 0 Å². The van der Waals surface area contributed by atoms with Crippen molar-refractivity contribution in [3.8, 4) is 0 Å². The Morgan fingerprint density at radius 3 is 1.30 bits per heavy atom. The highest BCUT2D eigenvalue weighted by molar-refractivity contribution is 7.47. The van der Waals surface area contributed by atoms with Gasteiger partial charge < -0.3 is 24.9 Å². The maximum atomic E-state index is 13.0. The quantitative estimate of drug-likeness (QED) is 0.0207. The Morgan fingerprint density at radius 1 is 0.507 bits per heavy atom. The van der Waals surface area contributed by atoms with Crippen LogP contribution in [0.3, 0.4) is 0 Å². The van der Waals surface area contributed by atoms with E-state index in [9.17, 15) is 24.5 Å². The molecule has 0 aromatic heterocycles. The van der Waals surface area contributed by atoms with E-state index in [0.717, 1.165) is 77.0 Å². The summed E-state index contributed by atoms with van der Waals surface area (Å²) < 4.78 is 23.6. The summed E-state index contributed by atoms with van der Waals surface area (Å²) in [7, 11) is 1.41. The number of nitrogens with zero attached hydrogens (tertiary/aromatic N) is 1. The van der Waals surface area contributed by atoms with Gasteiger partial charge in [0, 0.05) is 6.42 Å². The Bertz CT molecular complexity index is 1450. The number of unbranched alkanes of at least 4 members (excludes halogenated alkanes) is 24. The Balaban J connectivity index is 4.11. The van der Waals surface area contributed by atoms with Crippen LogP contribution in [0.2, 0.25) is 0 Å².